The zero-order chi connectivity index (χ0) is 25.0. The van der Waals surface area contributed by atoms with E-state index in [2.05, 4.69) is 15.3 Å². The van der Waals surface area contributed by atoms with Gasteiger partial charge in [0.1, 0.15) is 11.3 Å². The highest BCUT2D eigenvalue weighted by molar-refractivity contribution is 7.90. The molecule has 0 aliphatic rings. The van der Waals surface area contributed by atoms with Gasteiger partial charge in [-0.15, -0.1) is 0 Å². The molecule has 0 spiro atoms. The Morgan fingerprint density at radius 3 is 2.37 bits per heavy atom. The Labute approximate surface area is 204 Å². The minimum atomic E-state index is -3.92. The van der Waals surface area contributed by atoms with Crippen molar-refractivity contribution in [2.45, 2.75) is 31.6 Å². The maximum atomic E-state index is 12.3. The highest BCUT2D eigenvalue weighted by atomic mass is 32.2. The van der Waals surface area contributed by atoms with Gasteiger partial charge in [-0.1, -0.05) is 36.8 Å². The number of imidazole rings is 1. The molecule has 0 radical (unpaired) electrons. The van der Waals surface area contributed by atoms with E-state index in [1.165, 1.54) is 12.1 Å². The highest BCUT2D eigenvalue weighted by Gasteiger charge is 2.17. The molecule has 10 heteroatoms. The van der Waals surface area contributed by atoms with Crippen molar-refractivity contribution in [2.75, 3.05) is 13.7 Å². The molecule has 2 aromatic heterocycles. The second kappa shape index (κ2) is 10.1. The molecule has 2 amide bonds. The lowest BCUT2D eigenvalue weighted by Gasteiger charge is -2.11. The van der Waals surface area contributed by atoms with Crippen molar-refractivity contribution in [2.24, 2.45) is 0 Å². The molecular weight excluding hydrogens is 466 g/mol. The second-order valence-corrected chi connectivity index (χ2v) is 9.69. The minimum absolute atomic E-state index is 0.0411. The van der Waals surface area contributed by atoms with Gasteiger partial charge in [-0.25, -0.2) is 22.9 Å². The lowest BCUT2D eigenvalue weighted by atomic mass is 10.1. The molecule has 2 aromatic carbocycles. The number of amides is 2. The first-order valence-corrected chi connectivity index (χ1v) is 12.7. The van der Waals surface area contributed by atoms with Gasteiger partial charge in [-0.05, 0) is 49.2 Å². The van der Waals surface area contributed by atoms with E-state index < -0.39 is 16.1 Å². The molecule has 0 saturated heterocycles. The summed E-state index contributed by atoms with van der Waals surface area (Å²) in [6, 6.07) is 17.1. The number of methoxy groups -OCH3 is 1. The molecule has 0 saturated carbocycles. The first-order valence-electron chi connectivity index (χ1n) is 11.2. The molecule has 2 heterocycles. The summed E-state index contributed by atoms with van der Waals surface area (Å²) in [4.78, 5) is 21.4. The van der Waals surface area contributed by atoms with Crippen LogP contribution in [0.2, 0.25) is 0 Å². The Morgan fingerprint density at radius 2 is 1.71 bits per heavy atom. The summed E-state index contributed by atoms with van der Waals surface area (Å²) in [6.07, 6.45) is 1.28. The monoisotopic (exact) mass is 493 g/mol. The van der Waals surface area contributed by atoms with Crippen molar-refractivity contribution in [3.05, 3.63) is 77.6 Å². The zero-order valence-corrected chi connectivity index (χ0v) is 20.6. The molecule has 9 nitrogen and oxygen atoms in total. The fourth-order valence-electron chi connectivity index (χ4n) is 3.68. The van der Waals surface area contributed by atoms with E-state index in [9.17, 15) is 13.2 Å². The SMILES string of the molecule is CCc1nc2ccc(OC)nc2n1-c1ccc(CCNC(=O)NS(=O)(=O)c2ccc(C)cc2)cc1. The molecule has 0 bridgehead atoms. The lowest BCUT2D eigenvalue weighted by Crippen LogP contribution is -2.40. The second-order valence-electron chi connectivity index (χ2n) is 8.00. The maximum Gasteiger partial charge on any atom is 0.328 e. The van der Waals surface area contributed by atoms with Crippen LogP contribution >= 0.6 is 0 Å². The number of ether oxygens (including phenoxy) is 1. The van der Waals surface area contributed by atoms with E-state index in [-0.39, 0.29) is 11.4 Å². The van der Waals surface area contributed by atoms with Crippen LogP contribution in [-0.2, 0) is 22.9 Å². The minimum Gasteiger partial charge on any atom is -0.481 e. The van der Waals surface area contributed by atoms with E-state index in [1.54, 1.807) is 25.3 Å². The molecule has 4 aromatic rings. The predicted molar refractivity (Wildman–Crippen MR) is 133 cm³/mol. The van der Waals surface area contributed by atoms with Crippen LogP contribution in [0.1, 0.15) is 23.9 Å². The summed E-state index contributed by atoms with van der Waals surface area (Å²) in [6.45, 7) is 4.18. The molecule has 4 rings (SSSR count). The summed E-state index contributed by atoms with van der Waals surface area (Å²) in [5.74, 6) is 1.41. The number of carbonyl (C=O) groups excluding carboxylic acids is 1. The predicted octanol–water partition coefficient (Wildman–Crippen LogP) is 3.53. The number of carbonyl (C=O) groups is 1. The molecule has 0 atom stereocenters. The molecule has 35 heavy (non-hydrogen) atoms. The van der Waals surface area contributed by atoms with E-state index >= 15 is 0 Å². The number of benzene rings is 2. The normalized spacial score (nSPS) is 11.4. The van der Waals surface area contributed by atoms with E-state index in [4.69, 9.17) is 4.74 Å². The van der Waals surface area contributed by atoms with Crippen LogP contribution < -0.4 is 14.8 Å². The Morgan fingerprint density at radius 1 is 1.00 bits per heavy atom. The number of sulfonamides is 1. The quantitative estimate of drug-likeness (QED) is 0.388. The fourth-order valence-corrected chi connectivity index (χ4v) is 4.60. The highest BCUT2D eigenvalue weighted by Crippen LogP contribution is 2.23. The van der Waals surface area contributed by atoms with Crippen molar-refractivity contribution in [3.8, 4) is 11.6 Å². The third-order valence-corrected chi connectivity index (χ3v) is 6.87. The van der Waals surface area contributed by atoms with E-state index in [1.807, 2.05) is 53.5 Å². The van der Waals surface area contributed by atoms with Crippen molar-refractivity contribution in [3.63, 3.8) is 0 Å². The van der Waals surface area contributed by atoms with Gasteiger partial charge in [0.2, 0.25) is 5.88 Å². The molecule has 0 unspecified atom stereocenters. The number of hydrogen-bond acceptors (Lipinski definition) is 6. The van der Waals surface area contributed by atoms with Crippen LogP contribution in [0.5, 0.6) is 5.88 Å². The molecular formula is C25H27N5O4S. The van der Waals surface area contributed by atoms with Gasteiger partial charge in [0.15, 0.2) is 5.65 Å². The van der Waals surface area contributed by atoms with Gasteiger partial charge in [-0.3, -0.25) is 4.57 Å². The number of hydrogen-bond donors (Lipinski definition) is 2. The summed E-state index contributed by atoms with van der Waals surface area (Å²) in [5.41, 5.74) is 4.36. The Kier molecular flexibility index (Phi) is 7.02. The molecule has 0 aliphatic heterocycles. The third-order valence-electron chi connectivity index (χ3n) is 5.53. The van der Waals surface area contributed by atoms with E-state index in [0.717, 1.165) is 40.2 Å². The standard InChI is InChI=1S/C25H27N5O4S/c1-4-22-27-21-13-14-23(34-3)28-24(21)30(22)19-9-7-18(8-10-19)15-16-26-25(31)29-35(32,33)20-11-5-17(2)6-12-20/h5-14H,4,15-16H2,1-3H3,(H2,26,29,31). The maximum absolute atomic E-state index is 12.3. The Bertz CT molecular complexity index is 1450. The summed E-state index contributed by atoms with van der Waals surface area (Å²) >= 11 is 0. The topological polar surface area (TPSA) is 115 Å². The van der Waals surface area contributed by atoms with Crippen molar-refractivity contribution in [1.29, 1.82) is 0 Å². The van der Waals surface area contributed by atoms with Gasteiger partial charge >= 0.3 is 6.03 Å². The number of nitrogens with zero attached hydrogens (tertiary/aromatic N) is 3. The summed E-state index contributed by atoms with van der Waals surface area (Å²) < 4.78 is 34.0. The number of rotatable bonds is 8. The van der Waals surface area contributed by atoms with Gasteiger partial charge in [0.05, 0.1) is 12.0 Å². The van der Waals surface area contributed by atoms with Crippen LogP contribution in [0.25, 0.3) is 16.9 Å². The van der Waals surface area contributed by atoms with E-state index in [0.29, 0.717) is 12.3 Å². The average molecular weight is 494 g/mol. The number of aryl methyl sites for hydroxylation is 2. The summed E-state index contributed by atoms with van der Waals surface area (Å²) in [5, 5.41) is 2.60. The number of urea groups is 1. The third kappa shape index (κ3) is 5.43. The number of fused-ring (bicyclic) bond motifs is 1. The van der Waals surface area contributed by atoms with Crippen LogP contribution in [0, 0.1) is 6.92 Å². The van der Waals surface area contributed by atoms with Crippen LogP contribution in [0.3, 0.4) is 0 Å². The first kappa shape index (κ1) is 24.2. The van der Waals surface area contributed by atoms with Crippen molar-refractivity contribution < 1.29 is 17.9 Å². The molecule has 2 N–H and O–H groups in total. The number of pyridine rings is 1. The lowest BCUT2D eigenvalue weighted by molar-refractivity contribution is 0.246. The number of nitrogens with one attached hydrogen (secondary N) is 2. The largest absolute Gasteiger partial charge is 0.481 e. The average Bonchev–Trinajstić information content (AvgIpc) is 3.22. The molecule has 0 fully saturated rings. The Balaban J connectivity index is 1.40. The van der Waals surface area contributed by atoms with Crippen molar-refractivity contribution in [1.82, 2.24) is 24.6 Å². The smallest absolute Gasteiger partial charge is 0.328 e. The van der Waals surface area contributed by atoms with Crippen LogP contribution in [-0.4, -0.2) is 42.6 Å². The van der Waals surface area contributed by atoms with Gasteiger partial charge in [-0.2, -0.15) is 4.98 Å². The van der Waals surface area contributed by atoms with Crippen LogP contribution in [0.15, 0.2) is 65.6 Å². The van der Waals surface area contributed by atoms with Crippen LogP contribution in [0.4, 0.5) is 4.79 Å². The first-order chi connectivity index (χ1) is 16.8. The van der Waals surface area contributed by atoms with Gasteiger partial charge < -0.3 is 10.1 Å². The fraction of sp³-hybridized carbons (Fsp3) is 0.240. The van der Waals surface area contributed by atoms with Crippen molar-refractivity contribution >= 4 is 27.2 Å². The Hall–Kier alpha value is -3.92. The van der Waals surface area contributed by atoms with Gasteiger partial charge in [0, 0.05) is 24.7 Å². The number of aromatic nitrogens is 3. The molecule has 0 aliphatic carbocycles. The zero-order valence-electron chi connectivity index (χ0n) is 19.8. The molecule has 182 valence electrons. The summed E-state index contributed by atoms with van der Waals surface area (Å²) in [7, 11) is -2.34. The van der Waals surface area contributed by atoms with Gasteiger partial charge in [0.25, 0.3) is 10.0 Å².